The first-order valence-electron chi connectivity index (χ1n) is 13.7. The third kappa shape index (κ3) is 7.42. The van der Waals surface area contributed by atoms with E-state index in [4.69, 9.17) is 5.73 Å². The van der Waals surface area contributed by atoms with Crippen LogP contribution in [0.15, 0.2) is 91.0 Å². The van der Waals surface area contributed by atoms with Gasteiger partial charge in [0, 0.05) is 17.7 Å². The van der Waals surface area contributed by atoms with Gasteiger partial charge in [0.05, 0.1) is 18.0 Å². The first kappa shape index (κ1) is 30.5. The normalized spacial score (nSPS) is 20.0. The number of aliphatic hydroxyl groups is 1. The van der Waals surface area contributed by atoms with Crippen molar-refractivity contribution in [2.45, 2.75) is 61.0 Å². The second-order valence-electron chi connectivity index (χ2n) is 10.9. The van der Waals surface area contributed by atoms with Crippen molar-refractivity contribution in [2.24, 2.45) is 5.73 Å². The molecule has 1 saturated heterocycles. The fourth-order valence-corrected chi connectivity index (χ4v) is 6.51. The van der Waals surface area contributed by atoms with Gasteiger partial charge in [-0.3, -0.25) is 19.7 Å². The fraction of sp³-hybridized carbons (Fsp3) is 0.344. The number of nitrogens with one attached hydrogen (secondary N) is 3. The molecule has 4 unspecified atom stereocenters. The highest BCUT2D eigenvalue weighted by Gasteiger charge is 2.57. The molecule has 4 rings (SSSR count). The van der Waals surface area contributed by atoms with E-state index < -0.39 is 39.4 Å². The third-order valence-corrected chi connectivity index (χ3v) is 8.93. The number of carbonyl (C=O) groups is 3. The molecule has 3 aromatic carbocycles. The van der Waals surface area contributed by atoms with Gasteiger partial charge in [-0.15, -0.1) is 11.8 Å². The van der Waals surface area contributed by atoms with Crippen LogP contribution in [0.2, 0.25) is 0 Å². The van der Waals surface area contributed by atoms with E-state index in [1.165, 1.54) is 11.8 Å². The van der Waals surface area contributed by atoms with Crippen molar-refractivity contribution < 1.29 is 19.5 Å². The molecule has 1 fully saturated rings. The number of thioether (sulfide) groups is 1. The van der Waals surface area contributed by atoms with Gasteiger partial charge in [0.1, 0.15) is 6.04 Å². The van der Waals surface area contributed by atoms with Crippen LogP contribution < -0.4 is 21.7 Å². The van der Waals surface area contributed by atoms with Crippen LogP contribution >= 0.6 is 11.8 Å². The maximum absolute atomic E-state index is 13.8. The number of carbonyl (C=O) groups excluding carboxylic acids is 3. The molecule has 1 aliphatic rings. The molecule has 0 radical (unpaired) electrons. The van der Waals surface area contributed by atoms with Gasteiger partial charge >= 0.3 is 0 Å². The Morgan fingerprint density at radius 2 is 1.46 bits per heavy atom. The summed E-state index contributed by atoms with van der Waals surface area (Å²) in [5, 5.41) is 18.1. The lowest BCUT2D eigenvalue weighted by Crippen LogP contribution is -2.69. The smallest absolute Gasteiger partial charge is 0.250 e. The van der Waals surface area contributed by atoms with Crippen LogP contribution in [0.3, 0.4) is 0 Å². The van der Waals surface area contributed by atoms with E-state index in [9.17, 15) is 19.5 Å². The Morgan fingerprint density at radius 1 is 0.927 bits per heavy atom. The molecule has 4 atom stereocenters. The maximum atomic E-state index is 13.8. The molecule has 0 aromatic heterocycles. The Hall–Kier alpha value is -3.50. The predicted octanol–water partition coefficient (Wildman–Crippen LogP) is 2.34. The van der Waals surface area contributed by atoms with Gasteiger partial charge < -0.3 is 21.5 Å². The van der Waals surface area contributed by atoms with Crippen molar-refractivity contribution in [3.63, 3.8) is 0 Å². The molecular weight excluding hydrogens is 536 g/mol. The number of benzene rings is 3. The summed E-state index contributed by atoms with van der Waals surface area (Å²) in [5.74, 6) is -1.39. The summed E-state index contributed by atoms with van der Waals surface area (Å²) in [7, 11) is 0. The number of hydrogen-bond donors (Lipinski definition) is 5. The summed E-state index contributed by atoms with van der Waals surface area (Å²) in [6.07, 6.45) is 0.431. The number of aliphatic hydroxyl groups excluding tert-OH is 1. The quantitative estimate of drug-likeness (QED) is 0.210. The van der Waals surface area contributed by atoms with Gasteiger partial charge in [0.25, 0.3) is 5.91 Å². The van der Waals surface area contributed by atoms with E-state index >= 15 is 0 Å². The van der Waals surface area contributed by atoms with Gasteiger partial charge in [0.15, 0.2) is 11.3 Å². The second kappa shape index (κ2) is 13.4. The molecule has 41 heavy (non-hydrogen) atoms. The Bertz CT molecular complexity index is 1320. The molecule has 3 aromatic rings. The average molecular weight is 575 g/mol. The number of nitrogens with two attached hydrogens (primary N) is 1. The minimum absolute atomic E-state index is 0.0320. The molecule has 0 bridgehead atoms. The molecule has 0 saturated carbocycles. The number of Topliss-reactive ketones (excluding diaryl/α,β-unsaturated/α-hetero) is 1. The summed E-state index contributed by atoms with van der Waals surface area (Å²) >= 11 is 1.30. The van der Waals surface area contributed by atoms with Crippen molar-refractivity contribution in [1.82, 2.24) is 16.0 Å². The lowest BCUT2D eigenvalue weighted by Gasteiger charge is -2.33. The Labute approximate surface area is 245 Å². The Kier molecular flexibility index (Phi) is 9.99. The zero-order valence-electron chi connectivity index (χ0n) is 23.4. The molecule has 0 aliphatic carbocycles. The highest BCUT2D eigenvalue weighted by atomic mass is 32.2. The van der Waals surface area contributed by atoms with E-state index in [0.29, 0.717) is 6.42 Å². The first-order chi connectivity index (χ1) is 19.6. The van der Waals surface area contributed by atoms with Crippen LogP contribution in [-0.4, -0.2) is 57.1 Å². The highest BCUT2D eigenvalue weighted by molar-refractivity contribution is 8.01. The van der Waals surface area contributed by atoms with Crippen LogP contribution in [0.25, 0.3) is 0 Å². The van der Waals surface area contributed by atoms with Crippen molar-refractivity contribution in [1.29, 1.82) is 0 Å². The first-order valence-corrected chi connectivity index (χ1v) is 14.6. The largest absolute Gasteiger partial charge is 0.394 e. The van der Waals surface area contributed by atoms with E-state index in [0.717, 1.165) is 16.7 Å². The summed E-state index contributed by atoms with van der Waals surface area (Å²) in [6.45, 7) is 3.73. The second-order valence-corrected chi connectivity index (χ2v) is 12.7. The minimum Gasteiger partial charge on any atom is -0.394 e. The Balaban J connectivity index is 1.54. The third-order valence-electron chi connectivity index (χ3n) is 7.34. The van der Waals surface area contributed by atoms with Gasteiger partial charge in [0.2, 0.25) is 5.91 Å². The van der Waals surface area contributed by atoms with E-state index in [1.54, 1.807) is 0 Å². The molecule has 1 heterocycles. The van der Waals surface area contributed by atoms with Crippen molar-refractivity contribution in [2.75, 3.05) is 6.61 Å². The lowest BCUT2D eigenvalue weighted by atomic mass is 9.88. The monoisotopic (exact) mass is 574 g/mol. The summed E-state index contributed by atoms with van der Waals surface area (Å²) in [4.78, 5) is 41.1. The fourth-order valence-electron chi connectivity index (χ4n) is 4.96. The zero-order chi connectivity index (χ0) is 29.5. The topological polar surface area (TPSA) is 134 Å². The Morgan fingerprint density at radius 3 is 2.02 bits per heavy atom. The van der Waals surface area contributed by atoms with Crippen LogP contribution in [0.5, 0.6) is 0 Å². The van der Waals surface area contributed by atoms with Crippen molar-refractivity contribution in [3.8, 4) is 0 Å². The molecule has 6 N–H and O–H groups in total. The van der Waals surface area contributed by atoms with Crippen LogP contribution in [0.4, 0.5) is 0 Å². The van der Waals surface area contributed by atoms with Crippen molar-refractivity contribution >= 4 is 29.4 Å². The minimum atomic E-state index is -1.96. The standard InChI is InChI=1S/C32H38N4O4S/c1-31(2)27(28(39)35-25(21-37)18-22-12-6-3-7-13-22)36-30(41-31)32(33,26(38)19-23-14-8-4-9-15-23)29(40)34-20-24-16-10-5-11-17-24/h3-17,25,27,30,36-37H,18-21,33H2,1-2H3,(H,34,40)(H,35,39). The van der Waals surface area contributed by atoms with Gasteiger partial charge in [-0.2, -0.15) is 0 Å². The SMILES string of the molecule is CC1(C)SC(C(N)(C(=O)Cc2ccccc2)C(=O)NCc2ccccc2)NC1C(=O)NC(CO)Cc1ccccc1. The average Bonchev–Trinajstić information content (AvgIpc) is 3.32. The van der Waals surface area contributed by atoms with E-state index in [-0.39, 0.29) is 25.5 Å². The lowest BCUT2D eigenvalue weighted by molar-refractivity contribution is -0.136. The summed E-state index contributed by atoms with van der Waals surface area (Å²) < 4.78 is -0.709. The molecule has 216 valence electrons. The summed E-state index contributed by atoms with van der Waals surface area (Å²) in [5.41, 5.74) is 7.44. The van der Waals surface area contributed by atoms with Crippen LogP contribution in [0, 0.1) is 0 Å². The summed E-state index contributed by atoms with van der Waals surface area (Å²) in [6, 6.07) is 26.9. The molecule has 2 amide bonds. The van der Waals surface area contributed by atoms with E-state index in [1.807, 2.05) is 105 Å². The number of rotatable bonds is 12. The maximum Gasteiger partial charge on any atom is 0.250 e. The molecular formula is C32H38N4O4S. The number of ketones is 1. The molecule has 8 nitrogen and oxygen atoms in total. The highest BCUT2D eigenvalue weighted by Crippen LogP contribution is 2.42. The van der Waals surface area contributed by atoms with Crippen LogP contribution in [-0.2, 0) is 33.8 Å². The number of amides is 2. The zero-order valence-corrected chi connectivity index (χ0v) is 24.2. The number of hydrogen-bond acceptors (Lipinski definition) is 7. The molecule has 0 spiro atoms. The van der Waals surface area contributed by atoms with Crippen molar-refractivity contribution in [3.05, 3.63) is 108 Å². The van der Waals surface area contributed by atoms with Gasteiger partial charge in [-0.05, 0) is 37.0 Å². The van der Waals surface area contributed by atoms with Gasteiger partial charge in [-0.25, -0.2) is 0 Å². The molecule has 1 aliphatic heterocycles. The molecule has 9 heteroatoms. The van der Waals surface area contributed by atoms with Gasteiger partial charge in [-0.1, -0.05) is 91.0 Å². The predicted molar refractivity (Wildman–Crippen MR) is 162 cm³/mol. The van der Waals surface area contributed by atoms with Crippen LogP contribution in [0.1, 0.15) is 30.5 Å². The van der Waals surface area contributed by atoms with E-state index in [2.05, 4.69) is 16.0 Å².